The standard InChI is InChI=1S/C16H11Cl2N5O2/c1-2-23-21-16(20-22-23)19-15(24)8-5-11-4-7-14(25-11)12-6-3-10(17)9-13(12)18/h2-9H,1H2,(H,19,21,24)/b8-5+. The molecule has 0 unspecified atom stereocenters. The van der Waals surface area contributed by atoms with E-state index >= 15 is 0 Å². The summed E-state index contributed by atoms with van der Waals surface area (Å²) in [6.45, 7) is 3.48. The third-order valence-corrected chi connectivity index (χ3v) is 3.60. The maximum Gasteiger partial charge on any atom is 0.270 e. The first-order chi connectivity index (χ1) is 12.0. The van der Waals surface area contributed by atoms with Crippen LogP contribution in [0.2, 0.25) is 10.0 Å². The number of anilines is 1. The Morgan fingerprint density at radius 1 is 1.28 bits per heavy atom. The predicted molar refractivity (Wildman–Crippen MR) is 96.0 cm³/mol. The van der Waals surface area contributed by atoms with Gasteiger partial charge in [-0.05, 0) is 41.6 Å². The highest BCUT2D eigenvalue weighted by Gasteiger charge is 2.09. The lowest BCUT2D eigenvalue weighted by molar-refractivity contribution is -0.111. The number of hydrogen-bond donors (Lipinski definition) is 1. The van der Waals surface area contributed by atoms with Crippen molar-refractivity contribution in [1.29, 1.82) is 0 Å². The van der Waals surface area contributed by atoms with Crippen LogP contribution in [-0.2, 0) is 4.79 Å². The van der Waals surface area contributed by atoms with Crippen molar-refractivity contribution in [2.45, 2.75) is 0 Å². The van der Waals surface area contributed by atoms with E-state index in [0.717, 1.165) is 4.80 Å². The van der Waals surface area contributed by atoms with E-state index in [-0.39, 0.29) is 5.95 Å². The Bertz CT molecular complexity index is 961. The first-order valence-corrected chi connectivity index (χ1v) is 7.77. The fourth-order valence-corrected chi connectivity index (χ4v) is 2.44. The summed E-state index contributed by atoms with van der Waals surface area (Å²) in [4.78, 5) is 13.0. The van der Waals surface area contributed by atoms with Crippen molar-refractivity contribution in [2.24, 2.45) is 0 Å². The Morgan fingerprint density at radius 2 is 2.12 bits per heavy atom. The molecular formula is C16H11Cl2N5O2. The number of nitrogens with zero attached hydrogens (tertiary/aromatic N) is 4. The van der Waals surface area contributed by atoms with Crippen LogP contribution in [-0.4, -0.2) is 26.1 Å². The summed E-state index contributed by atoms with van der Waals surface area (Å²) < 4.78 is 5.66. The van der Waals surface area contributed by atoms with E-state index in [9.17, 15) is 4.79 Å². The van der Waals surface area contributed by atoms with Crippen molar-refractivity contribution in [2.75, 3.05) is 5.32 Å². The number of aromatic nitrogens is 4. The van der Waals surface area contributed by atoms with Crippen molar-refractivity contribution >= 4 is 47.3 Å². The average molecular weight is 376 g/mol. The van der Waals surface area contributed by atoms with E-state index in [0.29, 0.717) is 27.1 Å². The van der Waals surface area contributed by atoms with Gasteiger partial charge in [0.25, 0.3) is 11.9 Å². The Morgan fingerprint density at radius 3 is 2.84 bits per heavy atom. The minimum atomic E-state index is -0.425. The lowest BCUT2D eigenvalue weighted by Gasteiger charge is -2.00. The number of nitrogens with one attached hydrogen (secondary N) is 1. The molecule has 126 valence electrons. The lowest BCUT2D eigenvalue weighted by atomic mass is 10.2. The Balaban J connectivity index is 1.68. The maximum atomic E-state index is 11.8. The SMILES string of the molecule is C=Cn1nnc(NC(=O)/C=C/c2ccc(-c3ccc(Cl)cc3Cl)o2)n1. The Labute approximate surface area is 152 Å². The number of amides is 1. The first kappa shape index (κ1) is 16.9. The highest BCUT2D eigenvalue weighted by molar-refractivity contribution is 6.36. The molecule has 2 heterocycles. The number of tetrazole rings is 1. The largest absolute Gasteiger partial charge is 0.457 e. The summed E-state index contributed by atoms with van der Waals surface area (Å²) in [5.41, 5.74) is 0.709. The first-order valence-electron chi connectivity index (χ1n) is 7.01. The fourth-order valence-electron chi connectivity index (χ4n) is 1.94. The molecule has 1 amide bonds. The fraction of sp³-hybridized carbons (Fsp3) is 0. The number of benzene rings is 1. The van der Waals surface area contributed by atoms with Crippen LogP contribution in [0.3, 0.4) is 0 Å². The minimum absolute atomic E-state index is 0.0719. The maximum absolute atomic E-state index is 11.8. The van der Waals surface area contributed by atoms with Gasteiger partial charge in [-0.3, -0.25) is 10.1 Å². The summed E-state index contributed by atoms with van der Waals surface area (Å²) in [7, 11) is 0. The van der Waals surface area contributed by atoms with Crippen molar-refractivity contribution in [1.82, 2.24) is 20.2 Å². The number of carbonyl (C=O) groups excluding carboxylic acids is 1. The van der Waals surface area contributed by atoms with Crippen LogP contribution in [0.5, 0.6) is 0 Å². The van der Waals surface area contributed by atoms with Gasteiger partial charge >= 0.3 is 0 Å². The molecule has 1 N–H and O–H groups in total. The number of rotatable bonds is 5. The van der Waals surface area contributed by atoms with Crippen molar-refractivity contribution < 1.29 is 9.21 Å². The van der Waals surface area contributed by atoms with Crippen LogP contribution in [0.4, 0.5) is 5.95 Å². The summed E-state index contributed by atoms with van der Waals surface area (Å²) in [5.74, 6) is 0.699. The predicted octanol–water partition coefficient (Wildman–Crippen LogP) is 3.99. The molecule has 0 radical (unpaired) electrons. The van der Waals surface area contributed by atoms with Gasteiger partial charge in [-0.2, -0.15) is 0 Å². The zero-order valence-electron chi connectivity index (χ0n) is 12.7. The van der Waals surface area contributed by atoms with E-state index < -0.39 is 5.91 Å². The molecule has 25 heavy (non-hydrogen) atoms. The molecule has 0 fully saturated rings. The molecular weight excluding hydrogens is 365 g/mol. The van der Waals surface area contributed by atoms with Crippen LogP contribution >= 0.6 is 23.2 Å². The van der Waals surface area contributed by atoms with Crippen molar-refractivity contribution in [3.8, 4) is 11.3 Å². The van der Waals surface area contributed by atoms with Crippen molar-refractivity contribution in [3.05, 3.63) is 58.8 Å². The summed E-state index contributed by atoms with van der Waals surface area (Å²) in [6, 6.07) is 8.59. The van der Waals surface area contributed by atoms with Gasteiger partial charge in [-0.25, -0.2) is 0 Å². The second kappa shape index (κ2) is 7.33. The Kier molecular flexibility index (Phi) is 4.97. The zero-order chi connectivity index (χ0) is 17.8. The van der Waals surface area contributed by atoms with Gasteiger partial charge in [0, 0.05) is 22.9 Å². The molecule has 9 heteroatoms. The molecule has 2 aromatic heterocycles. The number of furan rings is 1. The van der Waals surface area contributed by atoms with Crippen LogP contribution in [0.1, 0.15) is 5.76 Å². The normalized spacial score (nSPS) is 11.0. The number of halogens is 2. The van der Waals surface area contributed by atoms with Crippen LogP contribution in [0.15, 0.2) is 47.4 Å². The molecule has 0 bridgehead atoms. The molecule has 0 aliphatic carbocycles. The zero-order valence-corrected chi connectivity index (χ0v) is 14.2. The quantitative estimate of drug-likeness (QED) is 0.681. The molecule has 0 saturated carbocycles. The van der Waals surface area contributed by atoms with Crippen LogP contribution in [0.25, 0.3) is 23.6 Å². The van der Waals surface area contributed by atoms with Crippen LogP contribution < -0.4 is 5.32 Å². The van der Waals surface area contributed by atoms with E-state index in [1.165, 1.54) is 18.4 Å². The molecule has 0 atom stereocenters. The summed E-state index contributed by atoms with van der Waals surface area (Å²) >= 11 is 12.0. The molecule has 0 saturated heterocycles. The van der Waals surface area contributed by atoms with Gasteiger partial charge in [0.05, 0.1) is 5.02 Å². The number of carbonyl (C=O) groups is 1. The Hall–Kier alpha value is -2.90. The van der Waals surface area contributed by atoms with E-state index in [2.05, 4.69) is 27.3 Å². The van der Waals surface area contributed by atoms with Gasteiger partial charge in [-0.15, -0.1) is 9.90 Å². The third kappa shape index (κ3) is 4.14. The lowest BCUT2D eigenvalue weighted by Crippen LogP contribution is -2.09. The van der Waals surface area contributed by atoms with Gasteiger partial charge in [-0.1, -0.05) is 34.9 Å². The van der Waals surface area contributed by atoms with E-state index in [1.54, 1.807) is 30.3 Å². The monoisotopic (exact) mass is 375 g/mol. The number of hydrogen-bond acceptors (Lipinski definition) is 5. The molecule has 0 spiro atoms. The topological polar surface area (TPSA) is 85.8 Å². The minimum Gasteiger partial charge on any atom is -0.457 e. The molecule has 0 aliphatic rings. The van der Waals surface area contributed by atoms with Gasteiger partial charge in [0.15, 0.2) is 0 Å². The van der Waals surface area contributed by atoms with Gasteiger partial charge < -0.3 is 4.42 Å². The van der Waals surface area contributed by atoms with Gasteiger partial charge in [0.2, 0.25) is 0 Å². The van der Waals surface area contributed by atoms with Crippen LogP contribution in [0, 0.1) is 0 Å². The highest BCUT2D eigenvalue weighted by Crippen LogP contribution is 2.31. The van der Waals surface area contributed by atoms with Crippen molar-refractivity contribution in [3.63, 3.8) is 0 Å². The second-order valence-electron chi connectivity index (χ2n) is 4.76. The smallest absolute Gasteiger partial charge is 0.270 e. The molecule has 7 nitrogen and oxygen atoms in total. The molecule has 1 aromatic carbocycles. The second-order valence-corrected chi connectivity index (χ2v) is 5.61. The third-order valence-electron chi connectivity index (χ3n) is 3.05. The summed E-state index contributed by atoms with van der Waals surface area (Å²) in [6.07, 6.45) is 4.16. The molecule has 3 aromatic rings. The van der Waals surface area contributed by atoms with E-state index in [1.807, 2.05) is 0 Å². The molecule has 3 rings (SSSR count). The summed E-state index contributed by atoms with van der Waals surface area (Å²) in [5, 5.41) is 14.6. The molecule has 0 aliphatic heterocycles. The highest BCUT2D eigenvalue weighted by atomic mass is 35.5. The average Bonchev–Trinajstić information content (AvgIpc) is 3.22. The van der Waals surface area contributed by atoms with E-state index in [4.69, 9.17) is 27.6 Å². The van der Waals surface area contributed by atoms with Gasteiger partial charge in [0.1, 0.15) is 11.5 Å².